The molecule has 0 spiro atoms. The molecule has 1 aromatic carbocycles. The zero-order valence-corrected chi connectivity index (χ0v) is 21.9. The fraction of sp³-hybridized carbons (Fsp3) is 0.444. The fourth-order valence-corrected chi connectivity index (χ4v) is 3.88. The first-order valence-corrected chi connectivity index (χ1v) is 12.4. The van der Waals surface area contributed by atoms with Crippen LogP contribution in [0.2, 0.25) is 0 Å². The summed E-state index contributed by atoms with van der Waals surface area (Å²) in [5.41, 5.74) is 7.54. The predicted molar refractivity (Wildman–Crippen MR) is 143 cm³/mol. The van der Waals surface area contributed by atoms with Crippen molar-refractivity contribution in [2.24, 2.45) is 10.7 Å². The number of aliphatic imine (C=N–C) groups is 1. The molecule has 202 valence electrons. The highest BCUT2D eigenvalue weighted by atomic mass is 19.1. The highest BCUT2D eigenvalue weighted by Gasteiger charge is 2.19. The Labute approximate surface area is 218 Å². The molecule has 1 atom stereocenters. The maximum absolute atomic E-state index is 12.5. The first-order chi connectivity index (χ1) is 18.1. The maximum atomic E-state index is 12.5. The molecule has 37 heavy (non-hydrogen) atoms. The number of ether oxygens (including phenoxy) is 4. The van der Waals surface area contributed by atoms with Gasteiger partial charge in [-0.15, -0.1) is 0 Å². The van der Waals surface area contributed by atoms with E-state index in [1.54, 1.807) is 25.6 Å². The number of nitrogens with two attached hydrogens (primary N) is 1. The van der Waals surface area contributed by atoms with E-state index in [1.807, 2.05) is 43.2 Å². The molecule has 1 aromatic rings. The average Bonchev–Trinajstić information content (AvgIpc) is 2.92. The van der Waals surface area contributed by atoms with E-state index in [1.165, 1.54) is 6.08 Å². The number of halogens is 1. The second kappa shape index (κ2) is 15.0. The summed E-state index contributed by atoms with van der Waals surface area (Å²) in [5, 5.41) is 3.32. The third kappa shape index (κ3) is 8.63. The van der Waals surface area contributed by atoms with Crippen molar-refractivity contribution >= 4 is 6.34 Å². The van der Waals surface area contributed by atoms with Crippen molar-refractivity contribution in [1.29, 1.82) is 0 Å². The van der Waals surface area contributed by atoms with E-state index < -0.39 is 0 Å². The van der Waals surface area contributed by atoms with Gasteiger partial charge in [0, 0.05) is 56.6 Å². The van der Waals surface area contributed by atoms with Gasteiger partial charge in [0.15, 0.2) is 11.5 Å². The van der Waals surface area contributed by atoms with Crippen molar-refractivity contribution in [2.75, 3.05) is 53.6 Å². The van der Waals surface area contributed by atoms with Gasteiger partial charge in [0.1, 0.15) is 11.9 Å². The first kappa shape index (κ1) is 28.2. The SMILES string of the molecule is C\C=C/C(=C\C=C\F)NC1C=C(Oc2cc(OC)c(OCCCN3CCOCC3)cc2CN)N=CN1C. The van der Waals surface area contributed by atoms with Crippen LogP contribution >= 0.6 is 0 Å². The Bertz CT molecular complexity index is 1020. The number of morpholine rings is 1. The minimum absolute atomic E-state index is 0.256. The Morgan fingerprint density at radius 2 is 2.08 bits per heavy atom. The molecule has 10 heteroatoms. The molecule has 1 unspecified atom stereocenters. The van der Waals surface area contributed by atoms with Gasteiger partial charge in [-0.05, 0) is 37.6 Å². The van der Waals surface area contributed by atoms with Crippen LogP contribution in [0.3, 0.4) is 0 Å². The van der Waals surface area contributed by atoms with Crippen LogP contribution < -0.4 is 25.3 Å². The van der Waals surface area contributed by atoms with Crippen LogP contribution in [-0.2, 0) is 11.3 Å². The number of allylic oxidation sites excluding steroid dienone is 4. The molecular formula is C27H38FN5O4. The number of rotatable bonds is 13. The number of benzene rings is 1. The van der Waals surface area contributed by atoms with Crippen molar-refractivity contribution in [3.8, 4) is 17.2 Å². The highest BCUT2D eigenvalue weighted by molar-refractivity contribution is 5.59. The molecule has 1 fully saturated rings. The standard InChI is InChI=1S/C27H38FN5O4/c1-4-7-22(8-5-9-28)31-26-18-27(30-20-32(26)2)37-23-17-24(34-3)25(16-21(23)19-29)36-13-6-10-33-11-14-35-15-12-33/h4-5,7-9,16-18,20,26,31H,6,10-15,19,29H2,1-3H3/b7-4-,9-5+,22-8+. The lowest BCUT2D eigenvalue weighted by atomic mass is 10.1. The Balaban J connectivity index is 1.69. The predicted octanol–water partition coefficient (Wildman–Crippen LogP) is 3.31. The molecule has 0 aliphatic carbocycles. The van der Waals surface area contributed by atoms with Gasteiger partial charge in [0.05, 0.1) is 39.6 Å². The van der Waals surface area contributed by atoms with E-state index in [9.17, 15) is 4.39 Å². The van der Waals surface area contributed by atoms with Gasteiger partial charge in [0.25, 0.3) is 0 Å². The molecule has 3 rings (SSSR count). The highest BCUT2D eigenvalue weighted by Crippen LogP contribution is 2.36. The molecule has 0 bridgehead atoms. The van der Waals surface area contributed by atoms with Crippen LogP contribution in [0.15, 0.2) is 65.4 Å². The van der Waals surface area contributed by atoms with Gasteiger partial charge in [-0.3, -0.25) is 4.90 Å². The molecule has 0 aromatic heterocycles. The van der Waals surface area contributed by atoms with E-state index in [0.717, 1.165) is 50.5 Å². The Hall–Kier alpha value is -3.34. The van der Waals surface area contributed by atoms with E-state index in [2.05, 4.69) is 15.2 Å². The molecule has 0 saturated carbocycles. The summed E-state index contributed by atoms with van der Waals surface area (Å²) in [5.74, 6) is 2.12. The third-order valence-electron chi connectivity index (χ3n) is 5.88. The van der Waals surface area contributed by atoms with E-state index >= 15 is 0 Å². The lowest BCUT2D eigenvalue weighted by Crippen LogP contribution is -2.42. The molecular weight excluding hydrogens is 477 g/mol. The van der Waals surface area contributed by atoms with Crippen molar-refractivity contribution in [2.45, 2.75) is 26.1 Å². The molecule has 9 nitrogen and oxygen atoms in total. The molecule has 3 N–H and O–H groups in total. The molecule has 0 amide bonds. The van der Waals surface area contributed by atoms with Crippen LogP contribution in [0.1, 0.15) is 18.9 Å². The molecule has 0 radical (unpaired) electrons. The van der Waals surface area contributed by atoms with Crippen molar-refractivity contribution in [3.63, 3.8) is 0 Å². The van der Waals surface area contributed by atoms with Gasteiger partial charge in [-0.2, -0.15) is 0 Å². The quantitative estimate of drug-likeness (QED) is 0.305. The number of hydrogen-bond acceptors (Lipinski definition) is 9. The summed E-state index contributed by atoms with van der Waals surface area (Å²) in [6.07, 6.45) is 11.3. The normalized spacial score (nSPS) is 18.9. The second-order valence-electron chi connectivity index (χ2n) is 8.52. The molecule has 2 aliphatic heterocycles. The van der Waals surface area contributed by atoms with Crippen molar-refractivity contribution < 1.29 is 23.3 Å². The lowest BCUT2D eigenvalue weighted by molar-refractivity contribution is 0.0357. The number of hydrogen-bond donors (Lipinski definition) is 2. The summed E-state index contributed by atoms with van der Waals surface area (Å²) in [4.78, 5) is 8.64. The second-order valence-corrected chi connectivity index (χ2v) is 8.52. The Morgan fingerprint density at radius 3 is 2.78 bits per heavy atom. The molecule has 1 saturated heterocycles. The van der Waals surface area contributed by atoms with Crippen LogP contribution in [0, 0.1) is 0 Å². The zero-order valence-electron chi connectivity index (χ0n) is 21.9. The largest absolute Gasteiger partial charge is 0.493 e. The van der Waals surface area contributed by atoms with Crippen LogP contribution in [0.5, 0.6) is 17.2 Å². The summed E-state index contributed by atoms with van der Waals surface area (Å²) in [6.45, 7) is 7.16. The number of nitrogens with one attached hydrogen (secondary N) is 1. The maximum Gasteiger partial charge on any atom is 0.220 e. The fourth-order valence-electron chi connectivity index (χ4n) is 3.88. The van der Waals surface area contributed by atoms with E-state index in [-0.39, 0.29) is 12.7 Å². The zero-order chi connectivity index (χ0) is 26.5. The lowest BCUT2D eigenvalue weighted by Gasteiger charge is -2.29. The van der Waals surface area contributed by atoms with Crippen LogP contribution in [0.4, 0.5) is 4.39 Å². The van der Waals surface area contributed by atoms with Gasteiger partial charge < -0.3 is 34.9 Å². The first-order valence-electron chi connectivity index (χ1n) is 12.4. The van der Waals surface area contributed by atoms with Crippen molar-refractivity contribution in [1.82, 2.24) is 15.1 Å². The number of likely N-dealkylation sites (N-methyl/N-ethyl adjacent to an activating group) is 1. The monoisotopic (exact) mass is 515 g/mol. The summed E-state index contributed by atoms with van der Waals surface area (Å²) in [6, 6.07) is 3.63. The van der Waals surface area contributed by atoms with Gasteiger partial charge in [-0.1, -0.05) is 6.08 Å². The summed E-state index contributed by atoms with van der Waals surface area (Å²) in [7, 11) is 3.47. The minimum atomic E-state index is -0.264. The Morgan fingerprint density at radius 1 is 1.27 bits per heavy atom. The van der Waals surface area contributed by atoms with E-state index in [0.29, 0.717) is 36.1 Å². The summed E-state index contributed by atoms with van der Waals surface area (Å²) >= 11 is 0. The van der Waals surface area contributed by atoms with Crippen molar-refractivity contribution in [3.05, 3.63) is 66.0 Å². The topological polar surface area (TPSA) is 93.8 Å². The minimum Gasteiger partial charge on any atom is -0.493 e. The molecule has 2 heterocycles. The summed E-state index contributed by atoms with van der Waals surface area (Å²) < 4.78 is 35.6. The average molecular weight is 516 g/mol. The van der Waals surface area contributed by atoms with Crippen LogP contribution in [-0.4, -0.2) is 75.9 Å². The van der Waals surface area contributed by atoms with Gasteiger partial charge in [0.2, 0.25) is 5.88 Å². The van der Waals surface area contributed by atoms with E-state index in [4.69, 9.17) is 24.7 Å². The third-order valence-corrected chi connectivity index (χ3v) is 5.88. The Kier molecular flexibility index (Phi) is 11.5. The number of methoxy groups -OCH3 is 1. The van der Waals surface area contributed by atoms with Gasteiger partial charge >= 0.3 is 0 Å². The molecule has 2 aliphatic rings. The smallest absolute Gasteiger partial charge is 0.220 e. The number of nitrogens with zero attached hydrogens (tertiary/aromatic N) is 3. The van der Waals surface area contributed by atoms with Gasteiger partial charge in [-0.25, -0.2) is 9.38 Å². The van der Waals surface area contributed by atoms with Crippen LogP contribution in [0.25, 0.3) is 0 Å².